The predicted molar refractivity (Wildman–Crippen MR) is 99.3 cm³/mol. The van der Waals surface area contributed by atoms with Crippen LogP contribution in [-0.2, 0) is 15.2 Å². The van der Waals surface area contributed by atoms with E-state index in [9.17, 15) is 4.79 Å². The summed E-state index contributed by atoms with van der Waals surface area (Å²) in [6, 6.07) is 0. The van der Waals surface area contributed by atoms with Crippen LogP contribution in [0.1, 0.15) is 96.8 Å². The van der Waals surface area contributed by atoms with Crippen LogP contribution in [0, 0.1) is 0 Å². The monoisotopic (exact) mass is 386 g/mol. The van der Waals surface area contributed by atoms with E-state index in [2.05, 4.69) is 19.1 Å². The van der Waals surface area contributed by atoms with Gasteiger partial charge in [-0.15, -0.1) is 0 Å². The molecule has 0 aliphatic rings. The average molecular weight is 387 g/mol. The summed E-state index contributed by atoms with van der Waals surface area (Å²) in [6.45, 7) is 2.27. The Balaban J connectivity index is -0.000000704. The van der Waals surface area contributed by atoms with Gasteiger partial charge in [0.1, 0.15) is 0 Å². The van der Waals surface area contributed by atoms with Crippen molar-refractivity contribution >= 4 is 16.7 Å². The van der Waals surface area contributed by atoms with Crippen molar-refractivity contribution in [1.29, 1.82) is 0 Å². The van der Waals surface area contributed by atoms with Crippen LogP contribution in [-0.4, -0.2) is 23.8 Å². The third-order valence-corrected chi connectivity index (χ3v) is 3.54. The molecule has 0 saturated heterocycles. The van der Waals surface area contributed by atoms with Crippen molar-refractivity contribution in [1.82, 2.24) is 0 Å². The molecule has 0 aromatic rings. The van der Waals surface area contributed by atoms with Gasteiger partial charge in [0, 0.05) is 0 Å². The second-order valence-corrected chi connectivity index (χ2v) is 6.82. The fourth-order valence-corrected chi connectivity index (χ4v) is 2.27. The minimum atomic E-state index is -4.67. The topological polar surface area (TPSA) is 91.7 Å². The second-order valence-electron chi connectivity index (χ2n) is 5.93. The van der Waals surface area contributed by atoms with Crippen LogP contribution in [0.25, 0.3) is 0 Å². The largest absolute Gasteiger partial charge is 1.00 e. The van der Waals surface area contributed by atoms with Gasteiger partial charge in [-0.1, -0.05) is 76.9 Å². The van der Waals surface area contributed by atoms with Crippen LogP contribution in [0.4, 0.5) is 0 Å². The third kappa shape index (κ3) is 45.5. The first kappa shape index (κ1) is 30.0. The summed E-state index contributed by atoms with van der Waals surface area (Å²) in [5.74, 6) is 0. The van der Waals surface area contributed by atoms with E-state index in [1.807, 2.05) is 6.29 Å². The van der Waals surface area contributed by atoms with Crippen molar-refractivity contribution in [3.63, 3.8) is 0 Å². The number of unbranched alkanes of at least 4 members (excludes halogenated alkanes) is 12. The molecule has 25 heavy (non-hydrogen) atoms. The molecule has 0 spiro atoms. The van der Waals surface area contributed by atoms with E-state index >= 15 is 0 Å². The molecule has 144 valence electrons. The number of carbonyl (C=O) groups excluding carboxylic acids is 1. The zero-order chi connectivity index (χ0) is 18.5. The molecule has 0 rings (SSSR count). The number of hydrogen-bond donors (Lipinski definition) is 2. The molecule has 0 bridgehead atoms. The Morgan fingerprint density at radius 3 is 1.52 bits per heavy atom. The molecule has 0 heterocycles. The van der Waals surface area contributed by atoms with Crippen molar-refractivity contribution in [2.45, 2.75) is 96.8 Å². The summed E-state index contributed by atoms with van der Waals surface area (Å²) in [6.07, 6.45) is 24.2. The van der Waals surface area contributed by atoms with E-state index in [1.54, 1.807) is 0 Å². The average Bonchev–Trinajstić information content (AvgIpc) is 2.49. The number of allylic oxidation sites excluding steroid dienone is 2. The van der Waals surface area contributed by atoms with Gasteiger partial charge in [0.05, 0.1) is 0 Å². The Morgan fingerprint density at radius 1 is 0.760 bits per heavy atom. The maximum absolute atomic E-state index is 10.0. The fourth-order valence-electron chi connectivity index (χ4n) is 2.27. The first-order valence-electron chi connectivity index (χ1n) is 9.11. The maximum Gasteiger partial charge on any atom is 1.00 e. The molecule has 0 aliphatic carbocycles. The zero-order valence-electron chi connectivity index (χ0n) is 16.1. The van der Waals surface area contributed by atoms with E-state index in [-0.39, 0.29) is 29.6 Å². The van der Waals surface area contributed by atoms with Gasteiger partial charge in [-0.25, -0.2) is 0 Å². The summed E-state index contributed by atoms with van der Waals surface area (Å²) in [4.78, 5) is 10.0. The molecule has 0 aromatic carbocycles. The van der Waals surface area contributed by atoms with E-state index in [1.165, 1.54) is 77.0 Å². The summed E-state index contributed by atoms with van der Waals surface area (Å²) in [7, 11) is -4.67. The Morgan fingerprint density at radius 2 is 1.12 bits per heavy atom. The van der Waals surface area contributed by atoms with Gasteiger partial charge in [-0.2, -0.15) is 14.8 Å². The second kappa shape index (κ2) is 24.3. The van der Waals surface area contributed by atoms with Gasteiger partial charge in [-0.3, -0.25) is 15.4 Å². The SMILES string of the molecule is CCCCCCCC/C=C\CCCCCCC[C-]=O.O=S(=O)(O)O.[Na+]. The van der Waals surface area contributed by atoms with E-state index in [4.69, 9.17) is 17.5 Å². The third-order valence-electron chi connectivity index (χ3n) is 3.54. The van der Waals surface area contributed by atoms with Crippen LogP contribution in [0.2, 0.25) is 0 Å². The van der Waals surface area contributed by atoms with Crippen molar-refractivity contribution in [3.8, 4) is 0 Å². The van der Waals surface area contributed by atoms with Gasteiger partial charge in [-0.05, 0) is 25.7 Å². The smallest absolute Gasteiger partial charge is 0.542 e. The fraction of sp³-hybridized carbons (Fsp3) is 0.833. The first-order chi connectivity index (χ1) is 11.4. The molecule has 5 nitrogen and oxygen atoms in total. The summed E-state index contributed by atoms with van der Waals surface area (Å²) < 4.78 is 31.6. The van der Waals surface area contributed by atoms with Crippen LogP contribution >= 0.6 is 0 Å². The molecule has 0 fully saturated rings. The van der Waals surface area contributed by atoms with E-state index < -0.39 is 10.4 Å². The normalized spacial score (nSPS) is 10.8. The van der Waals surface area contributed by atoms with Crippen molar-refractivity contribution in [2.24, 2.45) is 0 Å². The summed E-state index contributed by atoms with van der Waals surface area (Å²) >= 11 is 0. The molecule has 0 unspecified atom stereocenters. The maximum atomic E-state index is 10.0. The Hall–Kier alpha value is 0.280. The Labute approximate surface area is 176 Å². The molecule has 2 N–H and O–H groups in total. The summed E-state index contributed by atoms with van der Waals surface area (Å²) in [5.41, 5.74) is 0. The first-order valence-corrected chi connectivity index (χ1v) is 10.5. The molecule has 0 aliphatic heterocycles. The quantitative estimate of drug-likeness (QED) is 0.148. The number of hydrogen-bond acceptors (Lipinski definition) is 3. The Kier molecular flexibility index (Phi) is 29.2. The van der Waals surface area contributed by atoms with Crippen LogP contribution in [0.15, 0.2) is 12.2 Å². The molecule has 0 radical (unpaired) electrons. The standard InChI is InChI=1S/C18H33O.Na.H2O4S/c1-2-3-4-5-6-7-8-9-10-11-12-13-14-15-16-17-18-19;;1-5(2,3)4/h9-10H,2-8,11-17H2,1H3;;(H2,1,2,3,4)/q-1;+1;/b10-9-;;. The van der Waals surface area contributed by atoms with Crippen molar-refractivity contribution in [3.05, 3.63) is 12.2 Å². The van der Waals surface area contributed by atoms with Gasteiger partial charge in [0.2, 0.25) is 0 Å². The zero-order valence-corrected chi connectivity index (χ0v) is 18.9. The molecule has 0 atom stereocenters. The van der Waals surface area contributed by atoms with Gasteiger partial charge >= 0.3 is 40.0 Å². The van der Waals surface area contributed by atoms with Crippen LogP contribution < -0.4 is 29.6 Å². The van der Waals surface area contributed by atoms with E-state index in [0.29, 0.717) is 6.42 Å². The minimum Gasteiger partial charge on any atom is -0.542 e. The minimum absolute atomic E-state index is 0. The molecule has 0 saturated carbocycles. The van der Waals surface area contributed by atoms with Gasteiger partial charge in [0.25, 0.3) is 0 Å². The van der Waals surface area contributed by atoms with E-state index in [0.717, 1.165) is 6.42 Å². The molecule has 0 amide bonds. The van der Waals surface area contributed by atoms with Crippen LogP contribution in [0.5, 0.6) is 0 Å². The van der Waals surface area contributed by atoms with Gasteiger partial charge < -0.3 is 4.79 Å². The van der Waals surface area contributed by atoms with Crippen LogP contribution in [0.3, 0.4) is 0 Å². The molecular weight excluding hydrogens is 351 g/mol. The number of rotatable bonds is 15. The Bertz CT molecular complexity index is 375. The molecule has 7 heteroatoms. The van der Waals surface area contributed by atoms with Crippen molar-refractivity contribution < 1.29 is 51.9 Å². The van der Waals surface area contributed by atoms with Crippen molar-refractivity contribution in [2.75, 3.05) is 0 Å². The molecule has 0 aromatic heterocycles. The predicted octanol–water partition coefficient (Wildman–Crippen LogP) is 2.48. The molecular formula is C18H35NaO5S. The summed E-state index contributed by atoms with van der Waals surface area (Å²) in [5, 5.41) is 0. The van der Waals surface area contributed by atoms with Gasteiger partial charge in [0.15, 0.2) is 0 Å².